The van der Waals surface area contributed by atoms with E-state index in [4.69, 9.17) is 4.74 Å². The number of carbonyl (C=O) groups is 3. The zero-order chi connectivity index (χ0) is 15.0. The van der Waals surface area contributed by atoms with E-state index in [2.05, 4.69) is 5.32 Å². The van der Waals surface area contributed by atoms with Gasteiger partial charge in [-0.2, -0.15) is 0 Å². The number of fused-ring (bicyclic) bond motifs is 2. The number of methoxy groups -OCH3 is 1. The largest absolute Gasteiger partial charge is 0.469 e. The van der Waals surface area contributed by atoms with Gasteiger partial charge < -0.3 is 15.0 Å². The van der Waals surface area contributed by atoms with Gasteiger partial charge in [-0.15, -0.1) is 0 Å². The molecule has 2 saturated heterocycles. The number of ketones is 1. The first-order valence-electron chi connectivity index (χ1n) is 7.77. The van der Waals surface area contributed by atoms with Gasteiger partial charge in [-0.25, -0.2) is 4.79 Å². The molecule has 3 rings (SSSR count). The van der Waals surface area contributed by atoms with E-state index in [9.17, 15) is 14.4 Å². The molecule has 0 aromatic heterocycles. The van der Waals surface area contributed by atoms with Gasteiger partial charge in [0, 0.05) is 31.0 Å². The summed E-state index contributed by atoms with van der Waals surface area (Å²) < 4.78 is 4.76. The highest BCUT2D eigenvalue weighted by molar-refractivity contribution is 5.85. The van der Waals surface area contributed by atoms with Crippen molar-refractivity contribution in [3.63, 3.8) is 0 Å². The van der Waals surface area contributed by atoms with Crippen LogP contribution in [0, 0.1) is 5.92 Å². The third kappa shape index (κ3) is 2.76. The minimum absolute atomic E-state index is 0.0404. The molecule has 4 atom stereocenters. The van der Waals surface area contributed by atoms with Crippen molar-refractivity contribution >= 4 is 17.8 Å². The topological polar surface area (TPSA) is 75.7 Å². The predicted octanol–water partition coefficient (Wildman–Crippen LogP) is 1.23. The van der Waals surface area contributed by atoms with Crippen LogP contribution in [-0.4, -0.2) is 47.9 Å². The number of amides is 2. The average molecular weight is 294 g/mol. The van der Waals surface area contributed by atoms with Crippen LogP contribution in [0.1, 0.15) is 44.9 Å². The molecule has 2 amide bonds. The summed E-state index contributed by atoms with van der Waals surface area (Å²) in [5.41, 5.74) is 0. The predicted molar refractivity (Wildman–Crippen MR) is 74.6 cm³/mol. The molecule has 3 fully saturated rings. The summed E-state index contributed by atoms with van der Waals surface area (Å²) >= 11 is 0. The molecule has 0 aromatic carbocycles. The summed E-state index contributed by atoms with van der Waals surface area (Å²) in [6.07, 6.45) is 5.09. The van der Waals surface area contributed by atoms with E-state index in [1.165, 1.54) is 7.11 Å². The number of nitrogens with zero attached hydrogens (tertiary/aromatic N) is 1. The number of carbonyl (C=O) groups excluding carboxylic acids is 3. The maximum atomic E-state index is 12.5. The fourth-order valence-electron chi connectivity index (χ4n) is 4.05. The molecule has 1 aliphatic carbocycles. The summed E-state index contributed by atoms with van der Waals surface area (Å²) in [6.45, 7) is 0. The number of nitrogens with one attached hydrogen (secondary N) is 1. The van der Waals surface area contributed by atoms with Crippen LogP contribution in [0.3, 0.4) is 0 Å². The molecule has 0 aromatic rings. The minimum Gasteiger partial charge on any atom is -0.469 e. The van der Waals surface area contributed by atoms with E-state index >= 15 is 0 Å². The first-order chi connectivity index (χ1) is 10.1. The van der Waals surface area contributed by atoms with E-state index < -0.39 is 0 Å². The summed E-state index contributed by atoms with van der Waals surface area (Å²) in [7, 11) is 1.40. The van der Waals surface area contributed by atoms with Crippen LogP contribution in [0.25, 0.3) is 0 Å². The first-order valence-corrected chi connectivity index (χ1v) is 7.77. The van der Waals surface area contributed by atoms with Crippen molar-refractivity contribution in [1.29, 1.82) is 0 Å². The van der Waals surface area contributed by atoms with E-state index in [1.807, 2.05) is 4.90 Å². The van der Waals surface area contributed by atoms with E-state index in [1.54, 1.807) is 0 Å². The average Bonchev–Trinajstić information content (AvgIpc) is 3.01. The van der Waals surface area contributed by atoms with Gasteiger partial charge in [0.05, 0.1) is 13.0 Å². The Hall–Kier alpha value is -1.59. The Morgan fingerprint density at radius 2 is 1.81 bits per heavy atom. The molecule has 6 nitrogen and oxygen atoms in total. The Morgan fingerprint density at radius 1 is 1.14 bits per heavy atom. The number of hydrogen-bond donors (Lipinski definition) is 1. The summed E-state index contributed by atoms with van der Waals surface area (Å²) in [5, 5.41) is 3.04. The van der Waals surface area contributed by atoms with Gasteiger partial charge in [-0.3, -0.25) is 9.59 Å². The van der Waals surface area contributed by atoms with Crippen molar-refractivity contribution in [1.82, 2.24) is 10.2 Å². The Kier molecular flexibility index (Phi) is 3.87. The van der Waals surface area contributed by atoms with Crippen molar-refractivity contribution < 1.29 is 19.1 Å². The van der Waals surface area contributed by atoms with E-state index in [0.717, 1.165) is 25.7 Å². The number of piperidine rings is 1. The van der Waals surface area contributed by atoms with Crippen LogP contribution < -0.4 is 5.32 Å². The maximum absolute atomic E-state index is 12.5. The van der Waals surface area contributed by atoms with Crippen LogP contribution in [0.15, 0.2) is 0 Å². The fourth-order valence-corrected chi connectivity index (χ4v) is 4.05. The standard InChI is InChI=1S/C15H22N2O4/c1-21-14(19)9-2-3-10(6-9)16-15(20)17-11-4-5-12(17)8-13(18)7-11/h9-12H,2-8H2,1H3,(H,16,20)/t9-,10+,11?,12?/m0/s1. The number of rotatable bonds is 2. The molecule has 21 heavy (non-hydrogen) atoms. The van der Waals surface area contributed by atoms with Crippen molar-refractivity contribution in [2.24, 2.45) is 5.92 Å². The van der Waals surface area contributed by atoms with Crippen molar-refractivity contribution in [3.05, 3.63) is 0 Å². The van der Waals surface area contributed by atoms with Crippen LogP contribution in [0.4, 0.5) is 4.79 Å². The minimum atomic E-state index is -0.185. The van der Waals surface area contributed by atoms with Crippen molar-refractivity contribution in [2.75, 3.05) is 7.11 Å². The Labute approximate surface area is 124 Å². The summed E-state index contributed by atoms with van der Waals surface area (Å²) in [4.78, 5) is 37.4. The smallest absolute Gasteiger partial charge is 0.318 e. The molecule has 2 unspecified atom stereocenters. The number of Topliss-reactive ketones (excluding diaryl/α,β-unsaturated/α-hetero) is 1. The molecule has 116 valence electrons. The highest BCUT2D eigenvalue weighted by Crippen LogP contribution is 2.34. The second-order valence-electron chi connectivity index (χ2n) is 6.42. The van der Waals surface area contributed by atoms with Gasteiger partial charge in [-0.1, -0.05) is 0 Å². The third-order valence-corrected chi connectivity index (χ3v) is 5.08. The normalized spacial score (nSPS) is 34.9. The molecule has 0 spiro atoms. The Balaban J connectivity index is 1.56. The fraction of sp³-hybridized carbons (Fsp3) is 0.800. The van der Waals surface area contributed by atoms with E-state index in [0.29, 0.717) is 19.3 Å². The lowest BCUT2D eigenvalue weighted by atomic mass is 10.0. The lowest BCUT2D eigenvalue weighted by Gasteiger charge is -2.34. The molecule has 3 aliphatic rings. The monoisotopic (exact) mass is 294 g/mol. The lowest BCUT2D eigenvalue weighted by Crippen LogP contribution is -2.52. The lowest BCUT2D eigenvalue weighted by molar-refractivity contribution is -0.145. The van der Waals surface area contributed by atoms with Crippen LogP contribution in [0.2, 0.25) is 0 Å². The van der Waals surface area contributed by atoms with Crippen LogP contribution >= 0.6 is 0 Å². The van der Waals surface area contributed by atoms with E-state index in [-0.39, 0.29) is 41.8 Å². The van der Waals surface area contributed by atoms with Crippen molar-refractivity contribution in [2.45, 2.75) is 63.1 Å². The van der Waals surface area contributed by atoms with Gasteiger partial charge in [0.1, 0.15) is 5.78 Å². The maximum Gasteiger partial charge on any atom is 0.318 e. The van der Waals surface area contributed by atoms with Gasteiger partial charge in [0.25, 0.3) is 0 Å². The summed E-state index contributed by atoms with van der Waals surface area (Å²) in [6, 6.07) is 0.132. The quantitative estimate of drug-likeness (QED) is 0.777. The zero-order valence-electron chi connectivity index (χ0n) is 12.3. The Bertz CT molecular complexity index is 449. The van der Waals surface area contributed by atoms with Gasteiger partial charge in [-0.05, 0) is 32.1 Å². The number of esters is 1. The summed E-state index contributed by atoms with van der Waals surface area (Å²) in [5.74, 6) is -0.00600. The first kappa shape index (κ1) is 14.4. The molecule has 6 heteroatoms. The van der Waals surface area contributed by atoms with Crippen LogP contribution in [-0.2, 0) is 14.3 Å². The molecule has 1 saturated carbocycles. The molecule has 2 heterocycles. The van der Waals surface area contributed by atoms with Gasteiger partial charge in [0.15, 0.2) is 0 Å². The number of hydrogen-bond acceptors (Lipinski definition) is 4. The second-order valence-corrected chi connectivity index (χ2v) is 6.42. The highest BCUT2D eigenvalue weighted by atomic mass is 16.5. The second kappa shape index (κ2) is 5.66. The van der Waals surface area contributed by atoms with Crippen molar-refractivity contribution in [3.8, 4) is 0 Å². The molecule has 2 aliphatic heterocycles. The molecular weight excluding hydrogens is 272 g/mol. The molecule has 2 bridgehead atoms. The number of ether oxygens (including phenoxy) is 1. The Morgan fingerprint density at radius 3 is 2.43 bits per heavy atom. The highest BCUT2D eigenvalue weighted by Gasteiger charge is 2.43. The van der Waals surface area contributed by atoms with Gasteiger partial charge in [0.2, 0.25) is 0 Å². The molecule has 0 radical (unpaired) electrons. The SMILES string of the molecule is COC(=O)[C@H]1CC[C@@H](NC(=O)N2C3CCC2CC(=O)C3)C1. The zero-order valence-corrected chi connectivity index (χ0v) is 12.3. The van der Waals surface area contributed by atoms with Gasteiger partial charge >= 0.3 is 12.0 Å². The third-order valence-electron chi connectivity index (χ3n) is 5.08. The molecular formula is C15H22N2O4. The molecule has 1 N–H and O–H groups in total. The number of urea groups is 1. The van der Waals surface area contributed by atoms with Crippen LogP contribution in [0.5, 0.6) is 0 Å².